The average molecular weight is 769 g/mol. The quantitative estimate of drug-likeness (QED) is 0.0619. The van der Waals surface area contributed by atoms with Gasteiger partial charge in [0.05, 0.1) is 16.3 Å². The summed E-state index contributed by atoms with van der Waals surface area (Å²) in [6.45, 7) is 0. The normalized spacial score (nSPS) is 11.2. The number of nitrogens with zero attached hydrogens (tertiary/aromatic N) is 2. The van der Waals surface area contributed by atoms with Crippen molar-refractivity contribution < 1.29 is 19.1 Å². The standard InChI is InChI=1S/C32H25Br3N4O4/c1-39(2)24-14-12-20(13-15-24)16-28(37-30(40)21-8-4-3-5-9-21)31(41)38-36-19-22-17-23(33)18-27(35)29(22)43-32(42)25-10-6-7-11-26(25)34/h3-19H,1-2H3,(H,37,40)(H,38,41)/b28-16-,36-19-. The summed E-state index contributed by atoms with van der Waals surface area (Å²) in [6.07, 6.45) is 2.91. The van der Waals surface area contributed by atoms with Gasteiger partial charge in [0, 0.05) is 39.9 Å². The van der Waals surface area contributed by atoms with Crippen molar-refractivity contribution in [1.29, 1.82) is 0 Å². The van der Waals surface area contributed by atoms with Crippen molar-refractivity contribution in [3.8, 4) is 5.75 Å². The van der Waals surface area contributed by atoms with Gasteiger partial charge in [-0.25, -0.2) is 10.2 Å². The Bertz CT molecular complexity index is 1710. The molecule has 11 heteroatoms. The Morgan fingerprint density at radius 2 is 1.51 bits per heavy atom. The summed E-state index contributed by atoms with van der Waals surface area (Å²) in [5.74, 6) is -1.48. The van der Waals surface area contributed by atoms with E-state index in [1.54, 1.807) is 72.8 Å². The number of rotatable bonds is 9. The van der Waals surface area contributed by atoms with Gasteiger partial charge in [0.1, 0.15) is 5.70 Å². The van der Waals surface area contributed by atoms with Gasteiger partial charge in [-0.2, -0.15) is 5.10 Å². The number of esters is 1. The average Bonchev–Trinajstić information content (AvgIpc) is 2.99. The molecule has 4 aromatic carbocycles. The fraction of sp³-hybridized carbons (Fsp3) is 0.0625. The maximum atomic E-state index is 13.3. The molecule has 0 aliphatic heterocycles. The van der Waals surface area contributed by atoms with Crippen LogP contribution in [0.5, 0.6) is 5.75 Å². The van der Waals surface area contributed by atoms with Crippen molar-refractivity contribution >= 4 is 83.6 Å². The second-order valence-electron chi connectivity index (χ2n) is 9.24. The highest BCUT2D eigenvalue weighted by Crippen LogP contribution is 2.33. The third-order valence-electron chi connectivity index (χ3n) is 5.94. The molecule has 0 saturated carbocycles. The molecule has 0 heterocycles. The maximum absolute atomic E-state index is 13.3. The van der Waals surface area contributed by atoms with Crippen LogP contribution in [0.3, 0.4) is 0 Å². The fourth-order valence-corrected chi connectivity index (χ4v) is 5.54. The maximum Gasteiger partial charge on any atom is 0.344 e. The number of nitrogens with one attached hydrogen (secondary N) is 2. The van der Waals surface area contributed by atoms with Crippen LogP contribution in [0.2, 0.25) is 0 Å². The summed E-state index contributed by atoms with van der Waals surface area (Å²) in [5.41, 5.74) is 5.27. The third-order valence-corrected chi connectivity index (χ3v) is 7.68. The molecule has 0 aliphatic rings. The lowest BCUT2D eigenvalue weighted by Gasteiger charge is -2.13. The molecule has 0 radical (unpaired) electrons. The van der Waals surface area contributed by atoms with Crippen LogP contribution in [-0.2, 0) is 4.79 Å². The van der Waals surface area contributed by atoms with E-state index in [2.05, 4.69) is 63.6 Å². The van der Waals surface area contributed by atoms with Gasteiger partial charge >= 0.3 is 5.97 Å². The molecule has 0 unspecified atom stereocenters. The molecule has 0 aromatic heterocycles. The molecule has 2 amide bonds. The number of carbonyl (C=O) groups is 3. The number of hydrazone groups is 1. The van der Waals surface area contributed by atoms with E-state index in [0.29, 0.717) is 35.7 Å². The van der Waals surface area contributed by atoms with Gasteiger partial charge < -0.3 is 15.0 Å². The van der Waals surface area contributed by atoms with Crippen LogP contribution in [-0.4, -0.2) is 38.1 Å². The predicted octanol–water partition coefficient (Wildman–Crippen LogP) is 7.18. The molecule has 43 heavy (non-hydrogen) atoms. The number of amides is 2. The first kappa shape index (κ1) is 31.9. The van der Waals surface area contributed by atoms with Crippen LogP contribution >= 0.6 is 47.8 Å². The Labute approximate surface area is 274 Å². The largest absolute Gasteiger partial charge is 0.421 e. The van der Waals surface area contributed by atoms with Crippen LogP contribution < -0.4 is 20.4 Å². The molecule has 0 atom stereocenters. The van der Waals surface area contributed by atoms with Gasteiger partial charge in [0.15, 0.2) is 5.75 Å². The second-order valence-corrected chi connectivity index (χ2v) is 11.9. The molecular formula is C32H25Br3N4O4. The van der Waals surface area contributed by atoms with Crippen LogP contribution in [0.15, 0.2) is 115 Å². The first-order valence-electron chi connectivity index (χ1n) is 12.8. The first-order valence-corrected chi connectivity index (χ1v) is 15.1. The van der Waals surface area contributed by atoms with Crippen molar-refractivity contribution in [2.75, 3.05) is 19.0 Å². The van der Waals surface area contributed by atoms with Crippen molar-refractivity contribution in [1.82, 2.24) is 10.7 Å². The van der Waals surface area contributed by atoms with Crippen LogP contribution in [0.4, 0.5) is 5.69 Å². The van der Waals surface area contributed by atoms with E-state index in [1.165, 1.54) is 6.21 Å². The van der Waals surface area contributed by atoms with E-state index < -0.39 is 17.8 Å². The van der Waals surface area contributed by atoms with Crippen molar-refractivity contribution in [2.45, 2.75) is 0 Å². The molecule has 218 valence electrons. The smallest absolute Gasteiger partial charge is 0.344 e. The van der Waals surface area contributed by atoms with E-state index in [1.807, 2.05) is 43.3 Å². The van der Waals surface area contributed by atoms with Gasteiger partial charge in [-0.3, -0.25) is 9.59 Å². The molecular weight excluding hydrogens is 744 g/mol. The zero-order chi connectivity index (χ0) is 30.9. The molecule has 0 bridgehead atoms. The summed E-state index contributed by atoms with van der Waals surface area (Å²) < 4.78 is 7.46. The minimum Gasteiger partial charge on any atom is -0.421 e. The molecule has 0 fully saturated rings. The minimum atomic E-state index is -0.655. The number of halogens is 3. The Morgan fingerprint density at radius 1 is 0.837 bits per heavy atom. The molecule has 0 saturated heterocycles. The Hall–Kier alpha value is -4.06. The van der Waals surface area contributed by atoms with E-state index in [4.69, 9.17) is 4.74 Å². The summed E-state index contributed by atoms with van der Waals surface area (Å²) >= 11 is 10.2. The Kier molecular flexibility index (Phi) is 11.0. The van der Waals surface area contributed by atoms with Gasteiger partial charge in [0.2, 0.25) is 0 Å². The molecule has 4 aromatic rings. The number of ether oxygens (including phenoxy) is 1. The van der Waals surface area contributed by atoms with Crippen molar-refractivity contribution in [2.24, 2.45) is 5.10 Å². The van der Waals surface area contributed by atoms with Crippen LogP contribution in [0.25, 0.3) is 6.08 Å². The molecule has 0 spiro atoms. The molecule has 8 nitrogen and oxygen atoms in total. The van der Waals surface area contributed by atoms with Crippen LogP contribution in [0, 0.1) is 0 Å². The monoisotopic (exact) mass is 766 g/mol. The third kappa shape index (κ3) is 8.73. The first-order chi connectivity index (χ1) is 20.6. The second kappa shape index (κ2) is 14.9. The summed E-state index contributed by atoms with van der Waals surface area (Å²) in [5, 5.41) is 6.78. The molecule has 2 N–H and O–H groups in total. The lowest BCUT2D eigenvalue weighted by molar-refractivity contribution is -0.117. The number of benzene rings is 4. The van der Waals surface area contributed by atoms with E-state index >= 15 is 0 Å². The number of hydrogen-bond acceptors (Lipinski definition) is 6. The SMILES string of the molecule is CN(C)c1ccc(/C=C(\NC(=O)c2ccccc2)C(=O)N/N=C\c2cc(Br)cc(Br)c2OC(=O)c2ccccc2Br)cc1. The predicted molar refractivity (Wildman–Crippen MR) is 179 cm³/mol. The Morgan fingerprint density at radius 3 is 2.19 bits per heavy atom. The number of carbonyl (C=O) groups excluding carboxylic acids is 3. The zero-order valence-electron chi connectivity index (χ0n) is 23.0. The van der Waals surface area contributed by atoms with E-state index in [0.717, 1.165) is 5.69 Å². The highest BCUT2D eigenvalue weighted by molar-refractivity contribution is 9.11. The molecule has 0 aliphatic carbocycles. The van der Waals surface area contributed by atoms with Gasteiger partial charge in [0.25, 0.3) is 11.8 Å². The Balaban J connectivity index is 1.58. The van der Waals surface area contributed by atoms with E-state index in [9.17, 15) is 14.4 Å². The zero-order valence-corrected chi connectivity index (χ0v) is 27.7. The van der Waals surface area contributed by atoms with Gasteiger partial charge in [-0.05, 0) is 92.0 Å². The highest BCUT2D eigenvalue weighted by atomic mass is 79.9. The summed E-state index contributed by atoms with van der Waals surface area (Å²) in [7, 11) is 3.86. The highest BCUT2D eigenvalue weighted by Gasteiger charge is 2.18. The van der Waals surface area contributed by atoms with Crippen molar-refractivity contribution in [3.05, 3.63) is 132 Å². The summed E-state index contributed by atoms with van der Waals surface area (Å²) in [6, 6.07) is 26.4. The lowest BCUT2D eigenvalue weighted by atomic mass is 10.1. The van der Waals surface area contributed by atoms with Crippen molar-refractivity contribution in [3.63, 3.8) is 0 Å². The van der Waals surface area contributed by atoms with Crippen LogP contribution in [0.1, 0.15) is 31.8 Å². The number of hydrogen-bond donors (Lipinski definition) is 2. The van der Waals surface area contributed by atoms with Gasteiger partial charge in [-0.1, -0.05) is 58.4 Å². The fourth-order valence-electron chi connectivity index (χ4n) is 3.76. The molecule has 4 rings (SSSR count). The topological polar surface area (TPSA) is 100 Å². The summed E-state index contributed by atoms with van der Waals surface area (Å²) in [4.78, 5) is 41.0. The minimum absolute atomic E-state index is 0.0143. The van der Waals surface area contributed by atoms with E-state index in [-0.39, 0.29) is 11.4 Å². The number of anilines is 1. The lowest BCUT2D eigenvalue weighted by Crippen LogP contribution is -2.32. The van der Waals surface area contributed by atoms with Gasteiger partial charge in [-0.15, -0.1) is 0 Å².